The van der Waals surface area contributed by atoms with Gasteiger partial charge >= 0.3 is 12.1 Å². The molecule has 0 fully saturated rings. The number of carbonyl (C=O) groups excluding carboxylic acids is 2. The van der Waals surface area contributed by atoms with E-state index in [1.807, 2.05) is 0 Å². The van der Waals surface area contributed by atoms with Crippen LogP contribution in [0, 0.1) is 5.82 Å². The van der Waals surface area contributed by atoms with E-state index in [9.17, 15) is 27.2 Å². The van der Waals surface area contributed by atoms with Gasteiger partial charge in [0, 0.05) is 5.02 Å². The van der Waals surface area contributed by atoms with Gasteiger partial charge in [0.15, 0.2) is 6.61 Å². The summed E-state index contributed by atoms with van der Waals surface area (Å²) in [5.74, 6) is -2.44. The molecule has 2 rings (SSSR count). The van der Waals surface area contributed by atoms with Crippen LogP contribution in [-0.2, 0) is 26.9 Å². The molecular weight excluding hydrogens is 378 g/mol. The van der Waals surface area contributed by atoms with E-state index in [-0.39, 0.29) is 16.3 Å². The van der Waals surface area contributed by atoms with Crippen LogP contribution in [0.15, 0.2) is 42.5 Å². The van der Waals surface area contributed by atoms with E-state index in [1.54, 1.807) is 0 Å². The number of ether oxygens (including phenoxy) is 1. The maximum absolute atomic E-state index is 13.5. The summed E-state index contributed by atoms with van der Waals surface area (Å²) >= 11 is 5.68. The summed E-state index contributed by atoms with van der Waals surface area (Å²) in [6, 6.07) is 7.72. The lowest BCUT2D eigenvalue weighted by atomic mass is 10.1. The molecule has 0 radical (unpaired) electrons. The van der Waals surface area contributed by atoms with Crippen LogP contribution in [0.3, 0.4) is 0 Å². The van der Waals surface area contributed by atoms with Crippen molar-refractivity contribution in [3.63, 3.8) is 0 Å². The molecule has 0 aliphatic carbocycles. The van der Waals surface area contributed by atoms with E-state index >= 15 is 0 Å². The van der Waals surface area contributed by atoms with E-state index in [0.29, 0.717) is 0 Å². The molecule has 0 saturated heterocycles. The van der Waals surface area contributed by atoms with E-state index in [1.165, 1.54) is 24.3 Å². The van der Waals surface area contributed by atoms with Crippen molar-refractivity contribution in [2.45, 2.75) is 12.6 Å². The molecule has 0 unspecified atom stereocenters. The fraction of sp³-hybridized carbons (Fsp3) is 0.176. The molecule has 2 aromatic rings. The lowest BCUT2D eigenvalue weighted by molar-refractivity contribution is -0.146. The molecule has 9 heteroatoms. The van der Waals surface area contributed by atoms with E-state index in [2.05, 4.69) is 10.1 Å². The average molecular weight is 390 g/mol. The highest BCUT2D eigenvalue weighted by atomic mass is 35.5. The van der Waals surface area contributed by atoms with Gasteiger partial charge in [-0.05, 0) is 29.8 Å². The third-order valence-corrected chi connectivity index (χ3v) is 3.40. The van der Waals surface area contributed by atoms with Crippen LogP contribution in [0.4, 0.5) is 23.2 Å². The summed E-state index contributed by atoms with van der Waals surface area (Å²) in [7, 11) is 0. The second-order valence-electron chi connectivity index (χ2n) is 5.21. The van der Waals surface area contributed by atoms with Crippen LogP contribution >= 0.6 is 11.6 Å². The van der Waals surface area contributed by atoms with Gasteiger partial charge < -0.3 is 10.1 Å². The molecule has 0 aromatic heterocycles. The lowest BCUT2D eigenvalue weighted by Crippen LogP contribution is -2.22. The van der Waals surface area contributed by atoms with Crippen molar-refractivity contribution >= 4 is 29.2 Å². The number of alkyl halides is 3. The Bertz CT molecular complexity index is 824. The molecule has 0 bridgehead atoms. The van der Waals surface area contributed by atoms with Gasteiger partial charge in [-0.3, -0.25) is 9.59 Å². The van der Waals surface area contributed by atoms with Gasteiger partial charge in [0.2, 0.25) is 0 Å². The van der Waals surface area contributed by atoms with Crippen LogP contribution in [-0.4, -0.2) is 18.5 Å². The number of anilines is 1. The first kappa shape index (κ1) is 19.7. The number of halogens is 5. The van der Waals surface area contributed by atoms with Crippen LogP contribution in [0.2, 0.25) is 5.02 Å². The number of amides is 1. The molecule has 26 heavy (non-hydrogen) atoms. The summed E-state index contributed by atoms with van der Waals surface area (Å²) in [5, 5.41) is 2.37. The van der Waals surface area contributed by atoms with E-state index in [0.717, 1.165) is 18.2 Å². The number of rotatable bonds is 5. The number of carbonyl (C=O) groups is 2. The van der Waals surface area contributed by atoms with Crippen molar-refractivity contribution in [1.29, 1.82) is 0 Å². The Morgan fingerprint density at radius 2 is 1.85 bits per heavy atom. The number of hydrogen-bond acceptors (Lipinski definition) is 3. The minimum Gasteiger partial charge on any atom is -0.455 e. The highest BCUT2D eigenvalue weighted by Gasteiger charge is 2.30. The predicted molar refractivity (Wildman–Crippen MR) is 86.1 cm³/mol. The molecule has 0 heterocycles. The number of nitrogens with one attached hydrogen (secondary N) is 1. The standard InChI is InChI=1S/C17H12ClF4NO3/c18-12-4-5-13(19)14(8-12)23-15(24)9-26-16(25)7-10-2-1-3-11(6-10)17(20,21)22/h1-6,8H,7,9H2,(H,23,24). The van der Waals surface area contributed by atoms with Crippen molar-refractivity contribution in [2.24, 2.45) is 0 Å². The van der Waals surface area contributed by atoms with E-state index in [4.69, 9.17) is 11.6 Å². The molecule has 0 aliphatic heterocycles. The van der Waals surface area contributed by atoms with Crippen LogP contribution in [0.25, 0.3) is 0 Å². The fourth-order valence-electron chi connectivity index (χ4n) is 2.00. The maximum atomic E-state index is 13.5. The van der Waals surface area contributed by atoms with Crippen molar-refractivity contribution in [3.05, 3.63) is 64.4 Å². The molecule has 0 aliphatic rings. The molecule has 4 nitrogen and oxygen atoms in total. The maximum Gasteiger partial charge on any atom is 0.416 e. The Balaban J connectivity index is 1.89. The molecule has 1 amide bonds. The Morgan fingerprint density at radius 3 is 2.54 bits per heavy atom. The van der Waals surface area contributed by atoms with Crippen molar-refractivity contribution in [2.75, 3.05) is 11.9 Å². The largest absolute Gasteiger partial charge is 0.455 e. The summed E-state index contributed by atoms with van der Waals surface area (Å²) in [6.07, 6.45) is -4.97. The Morgan fingerprint density at radius 1 is 1.12 bits per heavy atom. The van der Waals surface area contributed by atoms with Gasteiger partial charge in [-0.1, -0.05) is 29.8 Å². The van der Waals surface area contributed by atoms with Gasteiger partial charge in [0.25, 0.3) is 5.91 Å². The van der Waals surface area contributed by atoms with E-state index < -0.39 is 42.5 Å². The zero-order valence-corrected chi connectivity index (χ0v) is 13.8. The highest BCUT2D eigenvalue weighted by Crippen LogP contribution is 2.29. The molecule has 138 valence electrons. The molecule has 0 saturated carbocycles. The summed E-state index contributed by atoms with van der Waals surface area (Å²) in [4.78, 5) is 23.3. The monoisotopic (exact) mass is 389 g/mol. The number of benzene rings is 2. The second-order valence-corrected chi connectivity index (χ2v) is 5.64. The topological polar surface area (TPSA) is 55.4 Å². The van der Waals surface area contributed by atoms with Crippen molar-refractivity contribution in [1.82, 2.24) is 0 Å². The van der Waals surface area contributed by atoms with Gasteiger partial charge in [-0.15, -0.1) is 0 Å². The van der Waals surface area contributed by atoms with Crippen molar-refractivity contribution in [3.8, 4) is 0 Å². The number of esters is 1. The summed E-state index contributed by atoms with van der Waals surface area (Å²) < 4.78 is 56.0. The predicted octanol–water partition coefficient (Wildman–Crippen LogP) is 4.22. The van der Waals surface area contributed by atoms with Gasteiger partial charge in [-0.2, -0.15) is 13.2 Å². The van der Waals surface area contributed by atoms with Crippen LogP contribution < -0.4 is 5.32 Å². The molecule has 0 atom stereocenters. The van der Waals surface area contributed by atoms with Crippen LogP contribution in [0.5, 0.6) is 0 Å². The SMILES string of the molecule is O=C(COC(=O)Cc1cccc(C(F)(F)F)c1)Nc1cc(Cl)ccc1F. The molecule has 2 aromatic carbocycles. The third kappa shape index (κ3) is 5.73. The quantitative estimate of drug-likeness (QED) is 0.615. The molecule has 0 spiro atoms. The first-order chi connectivity index (χ1) is 12.1. The normalized spacial score (nSPS) is 11.1. The Hall–Kier alpha value is -2.61. The fourth-order valence-corrected chi connectivity index (χ4v) is 2.17. The van der Waals surface area contributed by atoms with Gasteiger partial charge in [0.1, 0.15) is 5.82 Å². The summed E-state index contributed by atoms with van der Waals surface area (Å²) in [6.45, 7) is -0.719. The average Bonchev–Trinajstić information content (AvgIpc) is 2.56. The van der Waals surface area contributed by atoms with Gasteiger partial charge in [0.05, 0.1) is 17.7 Å². The summed E-state index contributed by atoms with van der Waals surface area (Å²) in [5.41, 5.74) is -0.987. The number of hydrogen-bond donors (Lipinski definition) is 1. The third-order valence-electron chi connectivity index (χ3n) is 3.17. The minimum absolute atomic E-state index is 0.0890. The second kappa shape index (κ2) is 8.18. The molecular formula is C17H12ClF4NO3. The molecule has 1 N–H and O–H groups in total. The smallest absolute Gasteiger partial charge is 0.416 e. The Labute approximate surface area is 150 Å². The zero-order chi connectivity index (χ0) is 19.3. The zero-order valence-electron chi connectivity index (χ0n) is 13.1. The lowest BCUT2D eigenvalue weighted by Gasteiger charge is -2.09. The van der Waals surface area contributed by atoms with Crippen LogP contribution in [0.1, 0.15) is 11.1 Å². The highest BCUT2D eigenvalue weighted by molar-refractivity contribution is 6.30. The first-order valence-corrected chi connectivity index (χ1v) is 7.59. The minimum atomic E-state index is -4.53. The van der Waals surface area contributed by atoms with Crippen molar-refractivity contribution < 1.29 is 31.9 Å². The Kier molecular flexibility index (Phi) is 6.20. The first-order valence-electron chi connectivity index (χ1n) is 7.22. The van der Waals surface area contributed by atoms with Gasteiger partial charge in [-0.25, -0.2) is 4.39 Å².